The predicted molar refractivity (Wildman–Crippen MR) is 364 cm³/mol. The molecule has 0 aromatic heterocycles. The van der Waals surface area contributed by atoms with E-state index in [1.54, 1.807) is 0 Å². The van der Waals surface area contributed by atoms with Gasteiger partial charge in [-0.25, -0.2) is 0 Å². The van der Waals surface area contributed by atoms with Gasteiger partial charge in [-0.15, -0.1) is 0 Å². The smallest absolute Gasteiger partial charge is 0.243 e. The van der Waals surface area contributed by atoms with Crippen LogP contribution in [0.3, 0.4) is 0 Å². The van der Waals surface area contributed by atoms with E-state index < -0.39 is 131 Å². The molecule has 0 radical (unpaired) electrons. The molecule has 0 aliphatic heterocycles. The van der Waals surface area contributed by atoms with Crippen LogP contribution in [0.2, 0.25) is 0 Å². The summed E-state index contributed by atoms with van der Waals surface area (Å²) in [4.78, 5) is 154. The van der Waals surface area contributed by atoms with Gasteiger partial charge in [-0.3, -0.25) is 52.7 Å². The normalized spacial score (nSPS) is 15.2. The molecule has 538 valence electrons. The molecule has 27 heteroatoms. The maximum atomic E-state index is 14.6. The number of amides is 11. The average molecular weight is 1320 g/mol. The number of nitrogens with two attached hydrogens (primary N) is 6. The van der Waals surface area contributed by atoms with Gasteiger partial charge in [0.25, 0.3) is 0 Å². The lowest BCUT2D eigenvalue weighted by Crippen LogP contribution is -2.61. The molecule has 0 saturated carbocycles. The Morgan fingerprint density at radius 1 is 0.237 bits per heavy atom. The molecule has 0 aromatic rings. The zero-order valence-corrected chi connectivity index (χ0v) is 59.1. The molecule has 0 heterocycles. The lowest BCUT2D eigenvalue weighted by molar-refractivity contribution is -0.136. The van der Waals surface area contributed by atoms with Crippen LogP contribution >= 0.6 is 0 Å². The van der Waals surface area contributed by atoms with Crippen LogP contribution in [0.5, 0.6) is 0 Å². The molecule has 0 aliphatic carbocycles. The van der Waals surface area contributed by atoms with Crippen LogP contribution in [-0.4, -0.2) is 158 Å². The number of hydrogen-bond donors (Lipinski definition) is 16. The highest BCUT2D eigenvalue weighted by Crippen LogP contribution is 2.17. The van der Waals surface area contributed by atoms with E-state index in [2.05, 4.69) is 53.2 Å². The molecule has 0 bridgehead atoms. The summed E-state index contributed by atoms with van der Waals surface area (Å²) in [5.41, 5.74) is 34.9. The summed E-state index contributed by atoms with van der Waals surface area (Å²) in [5, 5.41) is 28.1. The molecule has 11 atom stereocenters. The van der Waals surface area contributed by atoms with Gasteiger partial charge in [0.15, 0.2) is 0 Å². The summed E-state index contributed by atoms with van der Waals surface area (Å²) in [6, 6.07) is -12.3. The average Bonchev–Trinajstić information content (AvgIpc) is 1.72. The molecule has 0 rings (SSSR count). The number of carbonyl (C=O) groups is 11. The molecule has 0 aliphatic rings. The van der Waals surface area contributed by atoms with Crippen LogP contribution < -0.4 is 87.6 Å². The molecule has 27 nitrogen and oxygen atoms in total. The van der Waals surface area contributed by atoms with E-state index in [1.165, 1.54) is 0 Å². The van der Waals surface area contributed by atoms with Crippen molar-refractivity contribution in [2.45, 2.75) is 285 Å². The molecular formula is C66H128N16O11. The van der Waals surface area contributed by atoms with Crippen LogP contribution in [-0.2, 0) is 52.7 Å². The number of hydrogen-bond acceptors (Lipinski definition) is 16. The summed E-state index contributed by atoms with van der Waals surface area (Å²) < 4.78 is 0. The third-order valence-electron chi connectivity index (χ3n) is 15.5. The Kier molecular flexibility index (Phi) is 44.7. The molecular weight excluding hydrogens is 1190 g/mol. The molecule has 0 spiro atoms. The number of rotatable bonds is 51. The first-order chi connectivity index (χ1) is 43.6. The first-order valence-electron chi connectivity index (χ1n) is 34.5. The SMILES string of the molecule is CC(C)C[C@H](NC(=O)[C@H](CC(C)C)NC(=O)[C@H](CC(C)C)NC(=O)[C@H](CCCCN)NC(=O)[C@@H](CC(C)C)NC(=O)[C@@H](CC(C)C)NC(=O)[C@H](CCCCN)NC(=O)[C@@H](CC(C)C)NC(=O)[C@@H](CC(C)C)NC(=O)[C@H](CCCCN)NC(=O)[C@@H](N)CCCCN)C(N)=O. The van der Waals surface area contributed by atoms with E-state index in [0.717, 1.165) is 0 Å². The lowest BCUT2D eigenvalue weighted by atomic mass is 9.98. The molecule has 93 heavy (non-hydrogen) atoms. The second-order valence-electron chi connectivity index (χ2n) is 28.2. The lowest BCUT2D eigenvalue weighted by Gasteiger charge is -2.30. The second kappa shape index (κ2) is 47.8. The van der Waals surface area contributed by atoms with Crippen LogP contribution in [0, 0.1) is 41.4 Å². The van der Waals surface area contributed by atoms with E-state index in [0.29, 0.717) is 77.4 Å². The highest BCUT2D eigenvalue weighted by atomic mass is 16.2. The maximum Gasteiger partial charge on any atom is 0.243 e. The van der Waals surface area contributed by atoms with Gasteiger partial charge in [0.05, 0.1) is 6.04 Å². The summed E-state index contributed by atoms with van der Waals surface area (Å²) in [7, 11) is 0. The summed E-state index contributed by atoms with van der Waals surface area (Å²) in [5.74, 6) is -7.99. The van der Waals surface area contributed by atoms with Crippen molar-refractivity contribution >= 4 is 65.0 Å². The summed E-state index contributed by atoms with van der Waals surface area (Å²) >= 11 is 0. The standard InChI is InChI=1S/C66H128N16O11/c1-38(2)31-49(56(72)83)76-63(90)52(34-41(7)8)82-66(93)55(37-44(13)14)79-60(87)48(26-18-22-30-70)75-62(89)51(33-40(5)6)81-65(92)54(36-43(11)12)78-59(86)47(25-17-21-29-69)74-61(88)50(32-39(3)4)80-64(91)53(35-42(9)10)77-58(85)46(24-16-20-28-68)73-57(84)45(71)23-15-19-27-67/h38-55H,15-37,67-71H2,1-14H3,(H2,72,83)(H,73,84)(H,74,88)(H,75,89)(H,76,90)(H,77,85)(H,78,86)(H,79,87)(H,80,91)(H,81,92)(H,82,93)/t45-,46-,47-,48-,49-,50+,51+,52-,53+,54+,55-/m0/s1. The minimum absolute atomic E-state index is 0.0280. The maximum absolute atomic E-state index is 14.6. The Labute approximate surface area is 556 Å². The van der Waals surface area contributed by atoms with Crippen LogP contribution in [0.1, 0.15) is 219 Å². The topological polar surface area (TPSA) is 464 Å². The minimum atomic E-state index is -1.23. The van der Waals surface area contributed by atoms with Crippen molar-refractivity contribution in [3.63, 3.8) is 0 Å². The summed E-state index contributed by atoms with van der Waals surface area (Å²) in [6.45, 7) is 27.5. The fourth-order valence-corrected chi connectivity index (χ4v) is 10.6. The Morgan fingerprint density at radius 3 is 0.591 bits per heavy atom. The number of unbranched alkanes of at least 4 members (excludes halogenated alkanes) is 4. The highest BCUT2D eigenvalue weighted by Gasteiger charge is 2.37. The largest absolute Gasteiger partial charge is 0.368 e. The van der Waals surface area contributed by atoms with Gasteiger partial charge in [-0.1, -0.05) is 103 Å². The van der Waals surface area contributed by atoms with Crippen molar-refractivity contribution < 1.29 is 52.7 Å². The zero-order chi connectivity index (χ0) is 71.1. The van der Waals surface area contributed by atoms with Crippen molar-refractivity contribution in [1.29, 1.82) is 0 Å². The van der Waals surface area contributed by atoms with E-state index in [-0.39, 0.29) is 112 Å². The molecule has 22 N–H and O–H groups in total. The predicted octanol–water partition coefficient (Wildman–Crippen LogP) is 1.49. The van der Waals surface area contributed by atoms with Gasteiger partial charge in [0.2, 0.25) is 65.0 Å². The highest BCUT2D eigenvalue weighted by molar-refractivity contribution is 5.99. The van der Waals surface area contributed by atoms with Crippen molar-refractivity contribution in [2.75, 3.05) is 26.2 Å². The summed E-state index contributed by atoms with van der Waals surface area (Å²) in [6.07, 6.45) is 6.18. The number of nitrogens with one attached hydrogen (secondary N) is 10. The first kappa shape index (κ1) is 87.0. The van der Waals surface area contributed by atoms with Crippen molar-refractivity contribution in [1.82, 2.24) is 53.2 Å². The number of primary amides is 1. The third-order valence-corrected chi connectivity index (χ3v) is 15.5. The van der Waals surface area contributed by atoms with Crippen LogP contribution in [0.25, 0.3) is 0 Å². The van der Waals surface area contributed by atoms with Crippen molar-refractivity contribution in [2.24, 2.45) is 75.8 Å². The quantitative estimate of drug-likeness (QED) is 0.0384. The molecule has 0 unspecified atom stereocenters. The fraction of sp³-hybridized carbons (Fsp3) is 0.833. The Balaban J connectivity index is 7.03. The molecule has 11 amide bonds. The van der Waals surface area contributed by atoms with E-state index in [4.69, 9.17) is 34.4 Å². The number of carbonyl (C=O) groups excluding carboxylic acids is 11. The van der Waals surface area contributed by atoms with Crippen molar-refractivity contribution in [3.8, 4) is 0 Å². The van der Waals surface area contributed by atoms with Gasteiger partial charge < -0.3 is 87.6 Å². The second-order valence-corrected chi connectivity index (χ2v) is 28.2. The Bertz CT molecular complexity index is 2270. The van der Waals surface area contributed by atoms with Gasteiger partial charge in [0, 0.05) is 0 Å². The van der Waals surface area contributed by atoms with E-state index in [1.807, 2.05) is 96.9 Å². The van der Waals surface area contributed by atoms with Crippen LogP contribution in [0.15, 0.2) is 0 Å². The van der Waals surface area contributed by atoms with Gasteiger partial charge in [-0.2, -0.15) is 0 Å². The third kappa shape index (κ3) is 38.2. The van der Waals surface area contributed by atoms with Crippen LogP contribution in [0.4, 0.5) is 0 Å². The van der Waals surface area contributed by atoms with E-state index in [9.17, 15) is 52.7 Å². The van der Waals surface area contributed by atoms with Crippen molar-refractivity contribution in [3.05, 3.63) is 0 Å². The molecule has 0 fully saturated rings. The van der Waals surface area contributed by atoms with E-state index >= 15 is 0 Å². The minimum Gasteiger partial charge on any atom is -0.368 e. The molecule has 0 aromatic carbocycles. The fourth-order valence-electron chi connectivity index (χ4n) is 10.6. The Morgan fingerprint density at radius 2 is 0.398 bits per heavy atom. The van der Waals surface area contributed by atoms with Gasteiger partial charge >= 0.3 is 0 Å². The van der Waals surface area contributed by atoms with Gasteiger partial charge in [-0.05, 0) is 183 Å². The first-order valence-corrected chi connectivity index (χ1v) is 34.5. The molecule has 0 saturated heterocycles. The van der Waals surface area contributed by atoms with Gasteiger partial charge in [0.1, 0.15) is 60.4 Å². The monoisotopic (exact) mass is 1320 g/mol. The Hall–Kier alpha value is -6.03. The zero-order valence-electron chi connectivity index (χ0n) is 59.1.